The summed E-state index contributed by atoms with van der Waals surface area (Å²) in [5.74, 6) is -0.429. The molecule has 0 bridgehead atoms. The zero-order chi connectivity index (χ0) is 28.4. The number of aryl methyl sites for hydroxylation is 1. The summed E-state index contributed by atoms with van der Waals surface area (Å²) in [5.41, 5.74) is 3.96. The van der Waals surface area contributed by atoms with Crippen LogP contribution in [0.3, 0.4) is 0 Å². The number of ether oxygens (including phenoxy) is 2. The molecule has 3 aromatic rings. The molecule has 8 heteroatoms. The highest BCUT2D eigenvalue weighted by molar-refractivity contribution is 6.31. The number of benzene rings is 1. The molecule has 0 spiro atoms. The maximum absolute atomic E-state index is 12.6. The second-order valence-corrected chi connectivity index (χ2v) is 12.3. The molecule has 4 rings (SSSR count). The molecular formula is C31H38ClN3O4. The van der Waals surface area contributed by atoms with Crippen molar-refractivity contribution in [2.24, 2.45) is 5.41 Å². The van der Waals surface area contributed by atoms with E-state index in [1.807, 2.05) is 64.1 Å². The minimum atomic E-state index is -1.17. The molecule has 0 aliphatic carbocycles. The number of aromatic nitrogens is 2. The Labute approximate surface area is 236 Å². The average Bonchev–Trinajstić information content (AvgIpc) is 2.87. The van der Waals surface area contributed by atoms with Gasteiger partial charge in [0.05, 0.1) is 23.2 Å². The lowest BCUT2D eigenvalue weighted by Gasteiger charge is -2.40. The van der Waals surface area contributed by atoms with Gasteiger partial charge in [-0.25, -0.2) is 4.79 Å². The fourth-order valence-corrected chi connectivity index (χ4v) is 4.96. The van der Waals surface area contributed by atoms with Crippen LogP contribution in [0.15, 0.2) is 48.8 Å². The van der Waals surface area contributed by atoms with E-state index in [2.05, 4.69) is 23.7 Å². The van der Waals surface area contributed by atoms with E-state index in [1.165, 1.54) is 0 Å². The number of rotatable bonds is 8. The number of anilines is 1. The predicted molar refractivity (Wildman–Crippen MR) is 154 cm³/mol. The van der Waals surface area contributed by atoms with Crippen LogP contribution in [0.1, 0.15) is 70.4 Å². The van der Waals surface area contributed by atoms with Gasteiger partial charge in [-0.05, 0) is 64.2 Å². The van der Waals surface area contributed by atoms with E-state index in [0.29, 0.717) is 34.3 Å². The highest BCUT2D eigenvalue weighted by Gasteiger charge is 2.36. The van der Waals surface area contributed by atoms with Crippen LogP contribution in [0, 0.1) is 12.3 Å². The van der Waals surface area contributed by atoms with Crippen LogP contribution in [0.5, 0.6) is 5.75 Å². The van der Waals surface area contributed by atoms with Crippen molar-refractivity contribution in [3.63, 3.8) is 0 Å². The molecule has 0 amide bonds. The maximum atomic E-state index is 12.6. The van der Waals surface area contributed by atoms with Gasteiger partial charge in [-0.3, -0.25) is 9.97 Å². The monoisotopic (exact) mass is 551 g/mol. The van der Waals surface area contributed by atoms with Gasteiger partial charge in [-0.2, -0.15) is 0 Å². The predicted octanol–water partition coefficient (Wildman–Crippen LogP) is 7.25. The second kappa shape index (κ2) is 11.5. The first-order valence-electron chi connectivity index (χ1n) is 13.3. The summed E-state index contributed by atoms with van der Waals surface area (Å²) in [4.78, 5) is 24.2. The van der Waals surface area contributed by atoms with Crippen LogP contribution in [0.25, 0.3) is 11.3 Å². The van der Waals surface area contributed by atoms with Crippen molar-refractivity contribution in [2.45, 2.75) is 72.7 Å². The van der Waals surface area contributed by atoms with E-state index in [9.17, 15) is 9.90 Å². The van der Waals surface area contributed by atoms with Gasteiger partial charge in [-0.1, -0.05) is 43.6 Å². The molecule has 0 radical (unpaired) electrons. The molecule has 1 aromatic carbocycles. The molecule has 2 aromatic heterocycles. The fraction of sp³-hybridized carbons (Fsp3) is 0.452. The van der Waals surface area contributed by atoms with Crippen LogP contribution >= 0.6 is 11.6 Å². The standard InChI is InChI=1S/C31H38ClN3O4/c1-20-26(28(29(36)37)39-30(2,3)4)27(35-15-13-31(5,6)14-16-35)23(18-33-20)25-12-11-22(17-34-25)38-19-21-9-7-8-10-24(21)32/h7-12,17-18,28H,13-16,19H2,1-6H3,(H,36,37)/t28-/m0/s1. The summed E-state index contributed by atoms with van der Waals surface area (Å²) in [6.07, 6.45) is 4.28. The molecule has 1 atom stereocenters. The topological polar surface area (TPSA) is 84.8 Å². The molecule has 1 aliphatic heterocycles. The Hall–Kier alpha value is -3.16. The number of carboxylic acids is 1. The fourth-order valence-electron chi connectivity index (χ4n) is 4.77. The van der Waals surface area contributed by atoms with Gasteiger partial charge in [0, 0.05) is 46.7 Å². The smallest absolute Gasteiger partial charge is 0.337 e. The highest BCUT2D eigenvalue weighted by Crippen LogP contribution is 2.43. The molecule has 7 nitrogen and oxygen atoms in total. The van der Waals surface area contributed by atoms with Crippen molar-refractivity contribution < 1.29 is 19.4 Å². The molecule has 39 heavy (non-hydrogen) atoms. The first kappa shape index (κ1) is 28.8. The minimum Gasteiger partial charge on any atom is -0.487 e. The average molecular weight is 552 g/mol. The zero-order valence-corrected chi connectivity index (χ0v) is 24.4. The molecule has 208 valence electrons. The third-order valence-electron chi connectivity index (χ3n) is 7.04. The first-order chi connectivity index (χ1) is 18.3. The van der Waals surface area contributed by atoms with Crippen molar-refractivity contribution in [2.75, 3.05) is 18.0 Å². The number of hydrogen-bond acceptors (Lipinski definition) is 6. The molecular weight excluding hydrogens is 514 g/mol. The summed E-state index contributed by atoms with van der Waals surface area (Å²) >= 11 is 6.26. The molecule has 0 saturated carbocycles. The van der Waals surface area contributed by atoms with Crippen molar-refractivity contribution in [3.05, 3.63) is 70.6 Å². The number of halogens is 1. The van der Waals surface area contributed by atoms with E-state index in [1.54, 1.807) is 12.4 Å². The Balaban J connectivity index is 1.74. The molecule has 3 heterocycles. The molecule has 1 N–H and O–H groups in total. The Morgan fingerprint density at radius 3 is 2.38 bits per heavy atom. The quantitative estimate of drug-likeness (QED) is 0.315. The summed E-state index contributed by atoms with van der Waals surface area (Å²) in [6, 6.07) is 11.3. The van der Waals surface area contributed by atoms with Crippen molar-refractivity contribution >= 4 is 23.3 Å². The van der Waals surface area contributed by atoms with Gasteiger partial charge >= 0.3 is 5.97 Å². The number of carbonyl (C=O) groups is 1. The summed E-state index contributed by atoms with van der Waals surface area (Å²) in [5, 5.41) is 10.9. The van der Waals surface area contributed by atoms with E-state index in [0.717, 1.165) is 42.7 Å². The SMILES string of the molecule is Cc1ncc(-c2ccc(OCc3ccccc3Cl)cn2)c(N2CCC(C)(C)CC2)c1[C@H](OC(C)(C)C)C(=O)O. The van der Waals surface area contributed by atoms with Crippen LogP contribution in [0.2, 0.25) is 5.02 Å². The van der Waals surface area contributed by atoms with Gasteiger partial charge in [0.25, 0.3) is 0 Å². The number of nitrogens with zero attached hydrogens (tertiary/aromatic N) is 3. The van der Waals surface area contributed by atoms with Crippen LogP contribution in [-0.2, 0) is 16.1 Å². The number of aliphatic carboxylic acids is 1. The largest absolute Gasteiger partial charge is 0.487 e. The third-order valence-corrected chi connectivity index (χ3v) is 7.41. The van der Waals surface area contributed by atoms with E-state index in [-0.39, 0.29) is 5.41 Å². The van der Waals surface area contributed by atoms with E-state index in [4.69, 9.17) is 26.1 Å². The normalized spacial score (nSPS) is 16.1. The van der Waals surface area contributed by atoms with Gasteiger partial charge in [-0.15, -0.1) is 0 Å². The molecule has 1 saturated heterocycles. The number of hydrogen-bond donors (Lipinski definition) is 1. The number of carboxylic acid groups (broad SMARTS) is 1. The second-order valence-electron chi connectivity index (χ2n) is 11.9. The summed E-state index contributed by atoms with van der Waals surface area (Å²) in [6.45, 7) is 13.9. The van der Waals surface area contributed by atoms with Gasteiger partial charge in [0.15, 0.2) is 6.10 Å². The Bertz CT molecular complexity index is 1310. The Kier molecular flexibility index (Phi) is 8.52. The lowest BCUT2D eigenvalue weighted by Crippen LogP contribution is -2.39. The molecule has 0 unspecified atom stereocenters. The van der Waals surface area contributed by atoms with E-state index >= 15 is 0 Å². The van der Waals surface area contributed by atoms with E-state index < -0.39 is 17.7 Å². The third kappa shape index (κ3) is 7.08. The summed E-state index contributed by atoms with van der Waals surface area (Å²) < 4.78 is 12.0. The van der Waals surface area contributed by atoms with Gasteiger partial charge in [0.1, 0.15) is 12.4 Å². The Morgan fingerprint density at radius 1 is 1.10 bits per heavy atom. The van der Waals surface area contributed by atoms with Crippen molar-refractivity contribution in [1.29, 1.82) is 0 Å². The van der Waals surface area contributed by atoms with Crippen molar-refractivity contribution in [3.8, 4) is 17.0 Å². The Morgan fingerprint density at radius 2 is 1.79 bits per heavy atom. The highest BCUT2D eigenvalue weighted by atomic mass is 35.5. The maximum Gasteiger partial charge on any atom is 0.337 e. The van der Waals surface area contributed by atoms with Gasteiger partial charge in [0.2, 0.25) is 0 Å². The molecule has 1 aliphatic rings. The first-order valence-corrected chi connectivity index (χ1v) is 13.7. The molecule has 1 fully saturated rings. The lowest BCUT2D eigenvalue weighted by atomic mass is 9.82. The number of pyridine rings is 2. The van der Waals surface area contributed by atoms with Gasteiger partial charge < -0.3 is 19.5 Å². The van der Waals surface area contributed by atoms with Crippen LogP contribution in [0.4, 0.5) is 5.69 Å². The zero-order valence-electron chi connectivity index (χ0n) is 23.6. The van der Waals surface area contributed by atoms with Crippen LogP contribution in [-0.4, -0.2) is 39.7 Å². The van der Waals surface area contributed by atoms with Crippen molar-refractivity contribution in [1.82, 2.24) is 9.97 Å². The lowest BCUT2D eigenvalue weighted by molar-refractivity contribution is -0.160. The summed E-state index contributed by atoms with van der Waals surface area (Å²) in [7, 11) is 0. The van der Waals surface area contributed by atoms with Crippen LogP contribution < -0.4 is 9.64 Å². The number of piperidine rings is 1. The minimum absolute atomic E-state index is 0.228.